The fourth-order valence-electron chi connectivity index (χ4n) is 2.08. The lowest BCUT2D eigenvalue weighted by molar-refractivity contribution is 0.102. The number of rotatable bonds is 3. The van der Waals surface area contributed by atoms with Crippen LogP contribution in [0.25, 0.3) is 11.1 Å². The smallest absolute Gasteiger partial charge is 0.257 e. The Balaban J connectivity index is 1.85. The molecule has 0 aliphatic carbocycles. The van der Waals surface area contributed by atoms with Crippen LogP contribution in [-0.4, -0.2) is 10.9 Å². The standard InChI is InChI=1S/C18H14N2O/c21-18(20-17-9-5-2-6-10-17)16-11-15(12-19-13-16)14-7-3-1-4-8-14/h1-13H,(H,20,21). The van der Waals surface area contributed by atoms with E-state index in [2.05, 4.69) is 10.3 Å². The summed E-state index contributed by atoms with van der Waals surface area (Å²) in [5.41, 5.74) is 3.28. The van der Waals surface area contributed by atoms with Crippen LogP contribution < -0.4 is 5.32 Å². The SMILES string of the molecule is O=C(Nc1ccccc1)c1cncc(-c2ccccc2)c1. The molecule has 0 saturated heterocycles. The first-order valence-corrected chi connectivity index (χ1v) is 6.70. The molecule has 0 atom stereocenters. The summed E-state index contributed by atoms with van der Waals surface area (Å²) >= 11 is 0. The second-order valence-corrected chi connectivity index (χ2v) is 4.65. The van der Waals surface area contributed by atoms with Crippen molar-refractivity contribution in [3.05, 3.63) is 84.7 Å². The van der Waals surface area contributed by atoms with Crippen molar-refractivity contribution in [3.8, 4) is 11.1 Å². The predicted molar refractivity (Wildman–Crippen MR) is 84.1 cm³/mol. The highest BCUT2D eigenvalue weighted by molar-refractivity contribution is 6.04. The van der Waals surface area contributed by atoms with Gasteiger partial charge in [0.15, 0.2) is 0 Å². The van der Waals surface area contributed by atoms with Crippen LogP contribution in [0.4, 0.5) is 5.69 Å². The van der Waals surface area contributed by atoms with Crippen LogP contribution in [-0.2, 0) is 0 Å². The average Bonchev–Trinajstić information content (AvgIpc) is 2.57. The van der Waals surface area contributed by atoms with Gasteiger partial charge >= 0.3 is 0 Å². The fraction of sp³-hybridized carbons (Fsp3) is 0. The minimum atomic E-state index is -0.161. The van der Waals surface area contributed by atoms with Crippen LogP contribution in [0.15, 0.2) is 79.1 Å². The molecule has 21 heavy (non-hydrogen) atoms. The van der Waals surface area contributed by atoms with E-state index in [-0.39, 0.29) is 5.91 Å². The summed E-state index contributed by atoms with van der Waals surface area (Å²) in [7, 11) is 0. The van der Waals surface area contributed by atoms with Gasteiger partial charge in [0, 0.05) is 23.6 Å². The summed E-state index contributed by atoms with van der Waals surface area (Å²) < 4.78 is 0. The summed E-state index contributed by atoms with van der Waals surface area (Å²) in [6.07, 6.45) is 3.33. The third-order valence-electron chi connectivity index (χ3n) is 3.14. The highest BCUT2D eigenvalue weighted by Crippen LogP contribution is 2.19. The lowest BCUT2D eigenvalue weighted by Gasteiger charge is -2.06. The van der Waals surface area contributed by atoms with E-state index in [1.54, 1.807) is 12.4 Å². The number of hydrogen-bond acceptors (Lipinski definition) is 2. The normalized spacial score (nSPS) is 10.1. The molecule has 3 heteroatoms. The van der Waals surface area contributed by atoms with Crippen LogP contribution in [0.1, 0.15) is 10.4 Å². The predicted octanol–water partition coefficient (Wildman–Crippen LogP) is 4.00. The first kappa shape index (κ1) is 13.1. The zero-order valence-electron chi connectivity index (χ0n) is 11.4. The Kier molecular flexibility index (Phi) is 3.74. The number of benzene rings is 2. The number of hydrogen-bond donors (Lipinski definition) is 1. The highest BCUT2D eigenvalue weighted by atomic mass is 16.1. The van der Waals surface area contributed by atoms with Gasteiger partial charge in [-0.1, -0.05) is 48.5 Å². The molecule has 102 valence electrons. The summed E-state index contributed by atoms with van der Waals surface area (Å²) in [4.78, 5) is 16.4. The molecule has 3 nitrogen and oxygen atoms in total. The molecule has 0 unspecified atom stereocenters. The highest BCUT2D eigenvalue weighted by Gasteiger charge is 2.08. The maximum Gasteiger partial charge on any atom is 0.257 e. The molecule has 3 aromatic rings. The van der Waals surface area contributed by atoms with Crippen molar-refractivity contribution in [1.29, 1.82) is 0 Å². The molecule has 0 spiro atoms. The van der Waals surface area contributed by atoms with E-state index in [9.17, 15) is 4.79 Å². The first-order chi connectivity index (χ1) is 10.3. The van der Waals surface area contributed by atoms with E-state index in [1.165, 1.54) is 0 Å². The third kappa shape index (κ3) is 3.15. The third-order valence-corrected chi connectivity index (χ3v) is 3.14. The van der Waals surface area contributed by atoms with E-state index in [1.807, 2.05) is 66.7 Å². The van der Waals surface area contributed by atoms with Crippen molar-refractivity contribution in [2.45, 2.75) is 0 Å². The molecule has 2 aromatic carbocycles. The fourth-order valence-corrected chi connectivity index (χ4v) is 2.08. The maximum atomic E-state index is 12.2. The molecule has 1 heterocycles. The van der Waals surface area contributed by atoms with E-state index in [4.69, 9.17) is 0 Å². The molecular weight excluding hydrogens is 260 g/mol. The molecule has 0 radical (unpaired) electrons. The van der Waals surface area contributed by atoms with Crippen molar-refractivity contribution >= 4 is 11.6 Å². The molecular formula is C18H14N2O. The van der Waals surface area contributed by atoms with Crippen LogP contribution in [0.3, 0.4) is 0 Å². The average molecular weight is 274 g/mol. The van der Waals surface area contributed by atoms with E-state index in [0.717, 1.165) is 16.8 Å². The topological polar surface area (TPSA) is 42.0 Å². The van der Waals surface area contributed by atoms with Crippen LogP contribution in [0, 0.1) is 0 Å². The minimum Gasteiger partial charge on any atom is -0.322 e. The van der Waals surface area contributed by atoms with Crippen molar-refractivity contribution in [2.24, 2.45) is 0 Å². The Morgan fingerprint density at radius 2 is 1.48 bits per heavy atom. The van der Waals surface area contributed by atoms with Crippen molar-refractivity contribution in [3.63, 3.8) is 0 Å². The Morgan fingerprint density at radius 3 is 2.19 bits per heavy atom. The monoisotopic (exact) mass is 274 g/mol. The quantitative estimate of drug-likeness (QED) is 0.784. The Morgan fingerprint density at radius 1 is 0.810 bits per heavy atom. The van der Waals surface area contributed by atoms with Gasteiger partial charge in [0.1, 0.15) is 0 Å². The molecule has 0 saturated carbocycles. The van der Waals surface area contributed by atoms with Crippen LogP contribution >= 0.6 is 0 Å². The number of nitrogens with zero attached hydrogens (tertiary/aromatic N) is 1. The maximum absolute atomic E-state index is 12.2. The van der Waals surface area contributed by atoms with Gasteiger partial charge in [-0.3, -0.25) is 9.78 Å². The van der Waals surface area contributed by atoms with Gasteiger partial charge < -0.3 is 5.32 Å². The molecule has 1 N–H and O–H groups in total. The number of pyridine rings is 1. The van der Waals surface area contributed by atoms with E-state index in [0.29, 0.717) is 5.56 Å². The summed E-state index contributed by atoms with van der Waals surface area (Å²) in [5.74, 6) is -0.161. The molecule has 0 aliphatic rings. The summed E-state index contributed by atoms with van der Waals surface area (Å²) in [6, 6.07) is 21.1. The van der Waals surface area contributed by atoms with Gasteiger partial charge in [-0.25, -0.2) is 0 Å². The Bertz CT molecular complexity index is 739. The number of para-hydroxylation sites is 1. The van der Waals surface area contributed by atoms with Crippen molar-refractivity contribution < 1.29 is 4.79 Å². The van der Waals surface area contributed by atoms with Gasteiger partial charge in [-0.05, 0) is 23.8 Å². The molecule has 0 bridgehead atoms. The van der Waals surface area contributed by atoms with Gasteiger partial charge in [-0.2, -0.15) is 0 Å². The van der Waals surface area contributed by atoms with Gasteiger partial charge in [0.2, 0.25) is 0 Å². The van der Waals surface area contributed by atoms with Crippen LogP contribution in [0.2, 0.25) is 0 Å². The Hall–Kier alpha value is -2.94. The van der Waals surface area contributed by atoms with Crippen molar-refractivity contribution in [2.75, 3.05) is 5.32 Å². The zero-order valence-corrected chi connectivity index (χ0v) is 11.4. The first-order valence-electron chi connectivity index (χ1n) is 6.70. The van der Waals surface area contributed by atoms with E-state index < -0.39 is 0 Å². The lowest BCUT2D eigenvalue weighted by Crippen LogP contribution is -2.12. The van der Waals surface area contributed by atoms with Crippen molar-refractivity contribution in [1.82, 2.24) is 4.98 Å². The molecule has 3 rings (SSSR count). The largest absolute Gasteiger partial charge is 0.322 e. The molecule has 0 fully saturated rings. The van der Waals surface area contributed by atoms with Gasteiger partial charge in [-0.15, -0.1) is 0 Å². The lowest BCUT2D eigenvalue weighted by atomic mass is 10.1. The molecule has 1 amide bonds. The van der Waals surface area contributed by atoms with Gasteiger partial charge in [0.25, 0.3) is 5.91 Å². The molecule has 0 aliphatic heterocycles. The molecule has 1 aromatic heterocycles. The second-order valence-electron chi connectivity index (χ2n) is 4.65. The summed E-state index contributed by atoms with van der Waals surface area (Å²) in [6.45, 7) is 0. The summed E-state index contributed by atoms with van der Waals surface area (Å²) in [5, 5.41) is 2.86. The van der Waals surface area contributed by atoms with E-state index >= 15 is 0 Å². The second kappa shape index (κ2) is 6.01. The number of amides is 1. The number of carbonyl (C=O) groups is 1. The number of anilines is 1. The number of carbonyl (C=O) groups excluding carboxylic acids is 1. The zero-order chi connectivity index (χ0) is 14.5. The Labute approximate surface area is 123 Å². The minimum absolute atomic E-state index is 0.161. The number of nitrogens with one attached hydrogen (secondary N) is 1. The van der Waals surface area contributed by atoms with Gasteiger partial charge in [0.05, 0.1) is 5.56 Å². The number of aromatic nitrogens is 1. The van der Waals surface area contributed by atoms with Crippen LogP contribution in [0.5, 0.6) is 0 Å².